The Hall–Kier alpha value is -0.900. The molecule has 2 rings (SSSR count). The molecule has 0 fully saturated rings. The third-order valence-electron chi connectivity index (χ3n) is 2.78. The Balaban J connectivity index is 2.25. The lowest BCUT2D eigenvalue weighted by molar-refractivity contribution is 0.177. The minimum absolute atomic E-state index is 0.476. The van der Waals surface area contributed by atoms with Gasteiger partial charge in [-0.1, -0.05) is 45.2 Å². The number of halogens is 2. The smallest absolute Gasteiger partial charge is 0.0841 e. The van der Waals surface area contributed by atoms with Crippen LogP contribution in [0.2, 0.25) is 5.02 Å². The quantitative estimate of drug-likeness (QED) is 0.922. The Morgan fingerprint density at radius 3 is 2.89 bits per heavy atom. The van der Waals surface area contributed by atoms with E-state index in [4.69, 9.17) is 11.6 Å². The maximum Gasteiger partial charge on any atom is 0.0841 e. The molecule has 1 unspecified atom stereocenters. The number of hydrogen-bond acceptors (Lipinski definition) is 2. The van der Waals surface area contributed by atoms with Gasteiger partial charge in [0, 0.05) is 23.3 Å². The van der Waals surface area contributed by atoms with Crippen LogP contribution in [0.1, 0.15) is 22.8 Å². The van der Waals surface area contributed by atoms with E-state index in [2.05, 4.69) is 20.9 Å². The summed E-state index contributed by atoms with van der Waals surface area (Å²) in [7, 11) is 0. The van der Waals surface area contributed by atoms with Crippen LogP contribution in [0.3, 0.4) is 0 Å². The number of aliphatic hydroxyl groups is 1. The first-order chi connectivity index (χ1) is 8.58. The Bertz CT molecular complexity index is 559. The highest BCUT2D eigenvalue weighted by molar-refractivity contribution is 9.10. The highest BCUT2D eigenvalue weighted by Gasteiger charge is 2.13. The van der Waals surface area contributed by atoms with Gasteiger partial charge in [0.25, 0.3) is 0 Å². The summed E-state index contributed by atoms with van der Waals surface area (Å²) in [5.74, 6) is 0. The fourth-order valence-electron chi connectivity index (χ4n) is 1.81. The monoisotopic (exact) mass is 325 g/mol. The molecule has 1 heterocycles. The number of benzene rings is 1. The third kappa shape index (κ3) is 3.10. The summed E-state index contributed by atoms with van der Waals surface area (Å²) in [4.78, 5) is 3.93. The second-order valence-corrected chi connectivity index (χ2v) is 5.47. The molecule has 4 heteroatoms. The predicted molar refractivity (Wildman–Crippen MR) is 76.8 cm³/mol. The van der Waals surface area contributed by atoms with Crippen LogP contribution in [0.15, 0.2) is 41.1 Å². The molecule has 0 aliphatic heterocycles. The molecule has 0 saturated carbocycles. The summed E-state index contributed by atoms with van der Waals surface area (Å²) in [5.41, 5.74) is 2.89. The van der Waals surface area contributed by atoms with Gasteiger partial charge in [-0.3, -0.25) is 4.98 Å². The maximum atomic E-state index is 10.3. The van der Waals surface area contributed by atoms with E-state index in [1.165, 1.54) is 0 Å². The summed E-state index contributed by atoms with van der Waals surface area (Å²) in [6.45, 7) is 2.00. The third-order valence-corrected chi connectivity index (χ3v) is 3.84. The van der Waals surface area contributed by atoms with Gasteiger partial charge in [0.1, 0.15) is 0 Å². The molecule has 0 amide bonds. The van der Waals surface area contributed by atoms with Gasteiger partial charge in [0.15, 0.2) is 0 Å². The fraction of sp³-hybridized carbons (Fsp3) is 0.214. The van der Waals surface area contributed by atoms with Crippen LogP contribution in [-0.2, 0) is 6.42 Å². The maximum absolute atomic E-state index is 10.3. The van der Waals surface area contributed by atoms with Crippen LogP contribution >= 0.6 is 27.5 Å². The van der Waals surface area contributed by atoms with E-state index in [0.717, 1.165) is 21.2 Å². The normalized spacial score (nSPS) is 12.4. The number of aromatic nitrogens is 1. The zero-order valence-corrected chi connectivity index (χ0v) is 12.2. The van der Waals surface area contributed by atoms with Gasteiger partial charge in [0.2, 0.25) is 0 Å². The molecule has 0 bridgehead atoms. The van der Waals surface area contributed by atoms with Crippen LogP contribution in [-0.4, -0.2) is 10.1 Å². The summed E-state index contributed by atoms with van der Waals surface area (Å²) in [5, 5.41) is 10.9. The van der Waals surface area contributed by atoms with Gasteiger partial charge < -0.3 is 5.11 Å². The molecule has 1 N–H and O–H groups in total. The number of nitrogens with zero attached hydrogens (tertiary/aromatic N) is 1. The molecule has 1 atom stereocenters. The van der Waals surface area contributed by atoms with Crippen molar-refractivity contribution in [1.29, 1.82) is 0 Å². The summed E-state index contributed by atoms with van der Waals surface area (Å²) >= 11 is 9.50. The van der Waals surface area contributed by atoms with Crippen LogP contribution in [0.4, 0.5) is 0 Å². The lowest BCUT2D eigenvalue weighted by Crippen LogP contribution is -2.03. The Morgan fingerprint density at radius 1 is 1.39 bits per heavy atom. The molecule has 0 aliphatic carbocycles. The molecule has 0 saturated heterocycles. The van der Waals surface area contributed by atoms with E-state index >= 15 is 0 Å². The number of rotatable bonds is 3. The van der Waals surface area contributed by atoms with Crippen molar-refractivity contribution in [2.24, 2.45) is 0 Å². The molecular formula is C14H13BrClNO. The number of aryl methyl sites for hydroxylation is 1. The lowest BCUT2D eigenvalue weighted by Gasteiger charge is -2.14. The molecule has 1 aromatic heterocycles. The Kier molecular flexibility index (Phi) is 4.38. The largest absolute Gasteiger partial charge is 0.388 e. The van der Waals surface area contributed by atoms with Gasteiger partial charge in [-0.25, -0.2) is 0 Å². The zero-order chi connectivity index (χ0) is 13.1. The summed E-state index contributed by atoms with van der Waals surface area (Å²) in [6.07, 6.45) is 3.16. The summed E-state index contributed by atoms with van der Waals surface area (Å²) in [6, 6.07) is 7.75. The van der Waals surface area contributed by atoms with E-state index in [0.29, 0.717) is 11.4 Å². The average molecular weight is 327 g/mol. The molecule has 0 radical (unpaired) electrons. The Morgan fingerprint density at radius 2 is 2.17 bits per heavy atom. The van der Waals surface area contributed by atoms with Crippen LogP contribution in [0.5, 0.6) is 0 Å². The van der Waals surface area contributed by atoms with E-state index in [1.54, 1.807) is 12.4 Å². The SMILES string of the molecule is Cc1ccc(Br)c(C(O)Cc2ccncc2Cl)c1. The van der Waals surface area contributed by atoms with Gasteiger partial charge in [0.05, 0.1) is 11.1 Å². The highest BCUT2D eigenvalue weighted by atomic mass is 79.9. The fourth-order valence-corrected chi connectivity index (χ4v) is 2.51. The molecular weight excluding hydrogens is 314 g/mol. The first-order valence-corrected chi connectivity index (χ1v) is 6.77. The van der Waals surface area contributed by atoms with E-state index in [1.807, 2.05) is 31.2 Å². The van der Waals surface area contributed by atoms with Crippen molar-refractivity contribution < 1.29 is 5.11 Å². The second kappa shape index (κ2) is 5.83. The van der Waals surface area contributed by atoms with Crippen molar-refractivity contribution >= 4 is 27.5 Å². The van der Waals surface area contributed by atoms with E-state index < -0.39 is 6.10 Å². The molecule has 2 aromatic rings. The topological polar surface area (TPSA) is 33.1 Å². The van der Waals surface area contributed by atoms with Crippen LogP contribution < -0.4 is 0 Å². The standard InChI is InChI=1S/C14H13BrClNO/c1-9-2-3-12(15)11(6-9)14(18)7-10-4-5-17-8-13(10)16/h2-6,8,14,18H,7H2,1H3. The number of hydrogen-bond donors (Lipinski definition) is 1. The summed E-state index contributed by atoms with van der Waals surface area (Å²) < 4.78 is 0.908. The number of aliphatic hydroxyl groups excluding tert-OH is 1. The zero-order valence-electron chi connectivity index (χ0n) is 9.90. The molecule has 0 spiro atoms. The highest BCUT2D eigenvalue weighted by Crippen LogP contribution is 2.28. The van der Waals surface area contributed by atoms with Crippen LogP contribution in [0.25, 0.3) is 0 Å². The van der Waals surface area contributed by atoms with Crippen LogP contribution in [0, 0.1) is 6.92 Å². The van der Waals surface area contributed by atoms with Crippen molar-refractivity contribution in [3.05, 3.63) is 62.8 Å². The van der Waals surface area contributed by atoms with Crippen molar-refractivity contribution in [3.63, 3.8) is 0 Å². The minimum Gasteiger partial charge on any atom is -0.388 e. The average Bonchev–Trinajstić information content (AvgIpc) is 2.35. The predicted octanol–water partition coefficient (Wildman–Crippen LogP) is 4.08. The molecule has 2 nitrogen and oxygen atoms in total. The first-order valence-electron chi connectivity index (χ1n) is 5.60. The molecule has 94 valence electrons. The molecule has 0 aliphatic rings. The van der Waals surface area contributed by atoms with Crippen molar-refractivity contribution in [2.45, 2.75) is 19.4 Å². The molecule has 1 aromatic carbocycles. The van der Waals surface area contributed by atoms with E-state index in [9.17, 15) is 5.11 Å². The Labute approximate surface area is 120 Å². The van der Waals surface area contributed by atoms with Gasteiger partial charge in [-0.2, -0.15) is 0 Å². The van der Waals surface area contributed by atoms with Crippen molar-refractivity contribution in [3.8, 4) is 0 Å². The number of pyridine rings is 1. The van der Waals surface area contributed by atoms with Crippen molar-refractivity contribution in [1.82, 2.24) is 4.98 Å². The van der Waals surface area contributed by atoms with E-state index in [-0.39, 0.29) is 0 Å². The van der Waals surface area contributed by atoms with Gasteiger partial charge in [-0.15, -0.1) is 0 Å². The molecule has 18 heavy (non-hydrogen) atoms. The van der Waals surface area contributed by atoms with Crippen molar-refractivity contribution in [2.75, 3.05) is 0 Å². The van der Waals surface area contributed by atoms with Gasteiger partial charge in [-0.05, 0) is 30.2 Å². The lowest BCUT2D eigenvalue weighted by atomic mass is 10.0. The second-order valence-electron chi connectivity index (χ2n) is 4.21. The minimum atomic E-state index is -0.584. The van der Waals surface area contributed by atoms with Gasteiger partial charge >= 0.3 is 0 Å². The first kappa shape index (κ1) is 13.5.